The average molecular weight is 328 g/mol. The van der Waals surface area contributed by atoms with Crippen molar-refractivity contribution in [3.63, 3.8) is 0 Å². The first-order valence-corrected chi connectivity index (χ1v) is 7.37. The summed E-state index contributed by atoms with van der Waals surface area (Å²) in [6.07, 6.45) is 0.267. The number of hydrogen-bond acceptors (Lipinski definition) is 4. The second-order valence-corrected chi connectivity index (χ2v) is 6.18. The molecule has 0 aliphatic carbocycles. The van der Waals surface area contributed by atoms with E-state index in [1.807, 2.05) is 20.8 Å². The van der Waals surface area contributed by atoms with E-state index >= 15 is 0 Å². The summed E-state index contributed by atoms with van der Waals surface area (Å²) in [5, 5.41) is 6.12. The summed E-state index contributed by atoms with van der Waals surface area (Å²) in [5.41, 5.74) is 5.75. The van der Waals surface area contributed by atoms with Crippen molar-refractivity contribution in [3.05, 3.63) is 28.8 Å². The molecule has 4 N–H and O–H groups in total. The van der Waals surface area contributed by atoms with Gasteiger partial charge in [0.15, 0.2) is 0 Å². The Balaban J connectivity index is 2.32. The van der Waals surface area contributed by atoms with E-state index in [1.54, 1.807) is 18.2 Å². The SMILES string of the molecule is CC(C)(C)OC(=O)NCCCNc1ccc(Cl)c(C(N)=O)c1. The number of halogens is 1. The van der Waals surface area contributed by atoms with Crippen LogP contribution in [0.2, 0.25) is 5.02 Å². The lowest BCUT2D eigenvalue weighted by atomic mass is 10.2. The fourth-order valence-electron chi connectivity index (χ4n) is 1.65. The van der Waals surface area contributed by atoms with E-state index in [9.17, 15) is 9.59 Å². The minimum Gasteiger partial charge on any atom is -0.444 e. The lowest BCUT2D eigenvalue weighted by Crippen LogP contribution is -2.33. The van der Waals surface area contributed by atoms with Crippen LogP contribution in [0.3, 0.4) is 0 Å². The van der Waals surface area contributed by atoms with Crippen LogP contribution in [0.25, 0.3) is 0 Å². The van der Waals surface area contributed by atoms with E-state index in [2.05, 4.69) is 10.6 Å². The Kier molecular flexibility index (Phi) is 6.49. The number of rotatable bonds is 6. The summed E-state index contributed by atoms with van der Waals surface area (Å²) < 4.78 is 5.12. The van der Waals surface area contributed by atoms with Crippen molar-refractivity contribution in [3.8, 4) is 0 Å². The molecule has 0 unspecified atom stereocenters. The maximum absolute atomic E-state index is 11.4. The number of carbonyl (C=O) groups excluding carboxylic acids is 2. The number of hydrogen-bond donors (Lipinski definition) is 3. The fourth-order valence-corrected chi connectivity index (χ4v) is 1.86. The molecule has 0 heterocycles. The third kappa shape index (κ3) is 6.67. The van der Waals surface area contributed by atoms with Crippen molar-refractivity contribution in [1.29, 1.82) is 0 Å². The number of alkyl carbamates (subject to hydrolysis) is 1. The zero-order chi connectivity index (χ0) is 16.8. The van der Waals surface area contributed by atoms with Gasteiger partial charge < -0.3 is 21.1 Å². The topological polar surface area (TPSA) is 93.4 Å². The highest BCUT2D eigenvalue weighted by Gasteiger charge is 2.15. The van der Waals surface area contributed by atoms with Crippen molar-refractivity contribution >= 4 is 29.3 Å². The van der Waals surface area contributed by atoms with E-state index in [0.29, 0.717) is 24.5 Å². The molecule has 0 aliphatic heterocycles. The third-order valence-corrected chi connectivity index (χ3v) is 2.91. The molecular formula is C15H22ClN3O3. The molecule has 0 saturated carbocycles. The van der Waals surface area contributed by atoms with Gasteiger partial charge in [0.1, 0.15) is 5.60 Å². The summed E-state index contributed by atoms with van der Waals surface area (Å²) in [5.74, 6) is -0.569. The van der Waals surface area contributed by atoms with Gasteiger partial charge in [-0.05, 0) is 45.4 Å². The van der Waals surface area contributed by atoms with Crippen molar-refractivity contribution < 1.29 is 14.3 Å². The summed E-state index contributed by atoms with van der Waals surface area (Å²) in [6, 6.07) is 4.98. The van der Waals surface area contributed by atoms with Crippen LogP contribution in [0, 0.1) is 0 Å². The average Bonchev–Trinajstić information content (AvgIpc) is 2.37. The van der Waals surface area contributed by atoms with Crippen LogP contribution >= 0.6 is 11.6 Å². The number of primary amides is 1. The number of benzene rings is 1. The first-order valence-electron chi connectivity index (χ1n) is 6.99. The minimum absolute atomic E-state index is 0.276. The van der Waals surface area contributed by atoms with Crippen LogP contribution in [0.15, 0.2) is 18.2 Å². The maximum Gasteiger partial charge on any atom is 0.407 e. The van der Waals surface area contributed by atoms with Gasteiger partial charge in [0, 0.05) is 18.8 Å². The van der Waals surface area contributed by atoms with Crippen molar-refractivity contribution in [2.75, 3.05) is 18.4 Å². The van der Waals surface area contributed by atoms with Crippen molar-refractivity contribution in [1.82, 2.24) is 5.32 Å². The second kappa shape index (κ2) is 7.89. The molecule has 1 aromatic carbocycles. The molecule has 0 bridgehead atoms. The molecule has 22 heavy (non-hydrogen) atoms. The first kappa shape index (κ1) is 18.1. The standard InChI is InChI=1S/C15H22ClN3O3/c1-15(2,3)22-14(21)19-8-4-7-18-10-5-6-12(16)11(9-10)13(17)20/h5-6,9,18H,4,7-8H2,1-3H3,(H2,17,20)(H,19,21). The Hall–Kier alpha value is -1.95. The molecule has 0 radical (unpaired) electrons. The quantitative estimate of drug-likeness (QED) is 0.700. The van der Waals surface area contributed by atoms with Crippen LogP contribution in [-0.2, 0) is 4.74 Å². The largest absolute Gasteiger partial charge is 0.444 e. The van der Waals surface area contributed by atoms with E-state index < -0.39 is 17.6 Å². The second-order valence-electron chi connectivity index (χ2n) is 5.77. The molecule has 122 valence electrons. The predicted molar refractivity (Wildman–Crippen MR) is 87.3 cm³/mol. The van der Waals surface area contributed by atoms with Gasteiger partial charge in [-0.2, -0.15) is 0 Å². The molecule has 1 aromatic rings. The van der Waals surface area contributed by atoms with Crippen LogP contribution in [0.5, 0.6) is 0 Å². The number of ether oxygens (including phenoxy) is 1. The predicted octanol–water partition coefficient (Wildman–Crippen LogP) is 2.77. The summed E-state index contributed by atoms with van der Waals surface area (Å²) in [7, 11) is 0. The highest BCUT2D eigenvalue weighted by atomic mass is 35.5. The molecule has 2 amide bonds. The van der Waals surface area contributed by atoms with Gasteiger partial charge in [0.25, 0.3) is 0 Å². The number of nitrogens with one attached hydrogen (secondary N) is 2. The third-order valence-electron chi connectivity index (χ3n) is 2.58. The molecule has 0 aliphatic rings. The number of amides is 2. The summed E-state index contributed by atoms with van der Waals surface area (Å²) in [6.45, 7) is 6.54. The van der Waals surface area contributed by atoms with Gasteiger partial charge in [-0.25, -0.2) is 4.79 Å². The summed E-state index contributed by atoms with van der Waals surface area (Å²) in [4.78, 5) is 22.6. The van der Waals surface area contributed by atoms with Crippen LogP contribution < -0.4 is 16.4 Å². The van der Waals surface area contributed by atoms with Crippen molar-refractivity contribution in [2.45, 2.75) is 32.8 Å². The number of carbonyl (C=O) groups is 2. The van der Waals surface area contributed by atoms with E-state index in [1.165, 1.54) is 0 Å². The normalized spacial score (nSPS) is 10.9. The van der Waals surface area contributed by atoms with Crippen LogP contribution in [-0.4, -0.2) is 30.7 Å². The Morgan fingerprint density at radius 2 is 1.95 bits per heavy atom. The van der Waals surface area contributed by atoms with Crippen molar-refractivity contribution in [2.24, 2.45) is 5.73 Å². The number of nitrogens with two attached hydrogens (primary N) is 1. The first-order chi connectivity index (χ1) is 10.2. The Morgan fingerprint density at radius 3 is 2.55 bits per heavy atom. The zero-order valence-corrected chi connectivity index (χ0v) is 13.8. The molecule has 0 fully saturated rings. The van der Waals surface area contributed by atoms with E-state index in [0.717, 1.165) is 5.69 Å². The van der Waals surface area contributed by atoms with E-state index in [-0.39, 0.29) is 5.56 Å². The van der Waals surface area contributed by atoms with Crippen LogP contribution in [0.1, 0.15) is 37.6 Å². The Bertz CT molecular complexity index is 541. The molecule has 7 heteroatoms. The molecule has 6 nitrogen and oxygen atoms in total. The minimum atomic E-state index is -0.569. The Morgan fingerprint density at radius 1 is 1.27 bits per heavy atom. The molecule has 0 aromatic heterocycles. The smallest absolute Gasteiger partial charge is 0.407 e. The zero-order valence-electron chi connectivity index (χ0n) is 13.0. The van der Waals surface area contributed by atoms with E-state index in [4.69, 9.17) is 22.1 Å². The number of anilines is 1. The molecular weight excluding hydrogens is 306 g/mol. The molecule has 0 atom stereocenters. The fraction of sp³-hybridized carbons (Fsp3) is 0.467. The molecule has 0 saturated heterocycles. The lowest BCUT2D eigenvalue weighted by molar-refractivity contribution is 0.0527. The van der Waals surface area contributed by atoms with Gasteiger partial charge in [-0.15, -0.1) is 0 Å². The monoisotopic (exact) mass is 327 g/mol. The van der Waals surface area contributed by atoms with Gasteiger partial charge in [-0.1, -0.05) is 11.6 Å². The highest BCUT2D eigenvalue weighted by molar-refractivity contribution is 6.33. The summed E-state index contributed by atoms with van der Waals surface area (Å²) >= 11 is 5.87. The lowest BCUT2D eigenvalue weighted by Gasteiger charge is -2.19. The van der Waals surface area contributed by atoms with Gasteiger partial charge in [0.2, 0.25) is 5.91 Å². The van der Waals surface area contributed by atoms with Crippen LogP contribution in [0.4, 0.5) is 10.5 Å². The Labute approximate surface area is 135 Å². The molecule has 0 spiro atoms. The van der Waals surface area contributed by atoms with Gasteiger partial charge >= 0.3 is 6.09 Å². The van der Waals surface area contributed by atoms with Gasteiger partial charge in [-0.3, -0.25) is 4.79 Å². The maximum atomic E-state index is 11.4. The highest BCUT2D eigenvalue weighted by Crippen LogP contribution is 2.20. The molecule has 1 rings (SSSR count). The van der Waals surface area contributed by atoms with Gasteiger partial charge in [0.05, 0.1) is 10.6 Å².